The van der Waals surface area contributed by atoms with Crippen molar-refractivity contribution in [3.8, 4) is 0 Å². The molecule has 4 heteroatoms. The Morgan fingerprint density at radius 1 is 1.10 bits per heavy atom. The first-order valence-corrected chi connectivity index (χ1v) is 7.33. The summed E-state index contributed by atoms with van der Waals surface area (Å²) in [5, 5.41) is 0.633. The molecule has 1 atom stereocenters. The Morgan fingerprint density at radius 2 is 1.81 bits per heavy atom. The Labute approximate surface area is 129 Å². The number of morpholine rings is 1. The number of hydrogen-bond donors (Lipinski definition) is 0. The number of carbonyl (C=O) groups excluding carboxylic acids is 1. The largest absolute Gasteiger partial charge is 0.377 e. The van der Waals surface area contributed by atoms with Gasteiger partial charge in [-0.2, -0.15) is 0 Å². The van der Waals surface area contributed by atoms with Crippen LogP contribution in [0.2, 0.25) is 5.02 Å². The molecule has 1 heterocycles. The van der Waals surface area contributed by atoms with Gasteiger partial charge in [0.2, 0.25) is 0 Å². The van der Waals surface area contributed by atoms with Gasteiger partial charge in [0.05, 0.1) is 19.3 Å². The maximum absolute atomic E-state index is 12.7. The van der Waals surface area contributed by atoms with Gasteiger partial charge in [-0.25, -0.2) is 0 Å². The summed E-state index contributed by atoms with van der Waals surface area (Å²) in [5.41, 5.74) is 1.75. The summed E-state index contributed by atoms with van der Waals surface area (Å²) < 4.78 is 5.56. The molecule has 0 saturated carbocycles. The summed E-state index contributed by atoms with van der Waals surface area (Å²) in [4.78, 5) is 14.6. The molecule has 1 aliphatic heterocycles. The van der Waals surface area contributed by atoms with Gasteiger partial charge in [-0.15, -0.1) is 0 Å². The van der Waals surface area contributed by atoms with E-state index in [0.29, 0.717) is 30.3 Å². The normalized spacial score (nSPS) is 18.5. The van der Waals surface area contributed by atoms with Crippen LogP contribution < -0.4 is 0 Å². The van der Waals surface area contributed by atoms with Gasteiger partial charge in [-0.05, 0) is 29.8 Å². The Balaban J connectivity index is 1.87. The van der Waals surface area contributed by atoms with E-state index in [2.05, 4.69) is 0 Å². The molecule has 1 amide bonds. The van der Waals surface area contributed by atoms with Crippen LogP contribution in [0.5, 0.6) is 0 Å². The molecule has 1 fully saturated rings. The lowest BCUT2D eigenvalue weighted by atomic mass is 10.0. The van der Waals surface area contributed by atoms with E-state index in [0.717, 1.165) is 5.56 Å². The van der Waals surface area contributed by atoms with Crippen molar-refractivity contribution in [2.75, 3.05) is 19.8 Å². The molecule has 108 valence electrons. The molecule has 0 spiro atoms. The summed E-state index contributed by atoms with van der Waals surface area (Å²) in [6.45, 7) is 1.70. The quantitative estimate of drug-likeness (QED) is 0.849. The lowest BCUT2D eigenvalue weighted by Crippen LogP contribution is -2.43. The molecular weight excluding hydrogens is 286 g/mol. The van der Waals surface area contributed by atoms with Crippen LogP contribution in [-0.2, 0) is 4.74 Å². The van der Waals surface area contributed by atoms with Crippen LogP contribution in [0.25, 0.3) is 0 Å². The predicted molar refractivity (Wildman–Crippen MR) is 82.5 cm³/mol. The molecule has 1 aliphatic rings. The molecule has 0 radical (unpaired) electrons. The fourth-order valence-corrected chi connectivity index (χ4v) is 2.68. The Kier molecular flexibility index (Phi) is 4.23. The first-order chi connectivity index (χ1) is 10.3. The maximum atomic E-state index is 12.7. The number of rotatable bonds is 2. The van der Waals surface area contributed by atoms with Crippen molar-refractivity contribution in [1.29, 1.82) is 0 Å². The van der Waals surface area contributed by atoms with E-state index in [4.69, 9.17) is 16.3 Å². The minimum atomic E-state index is -0.0388. The van der Waals surface area contributed by atoms with Gasteiger partial charge in [-0.3, -0.25) is 4.79 Å². The van der Waals surface area contributed by atoms with Crippen LogP contribution in [0.1, 0.15) is 22.0 Å². The third-order valence-electron chi connectivity index (χ3n) is 3.66. The number of ether oxygens (including phenoxy) is 1. The summed E-state index contributed by atoms with van der Waals surface area (Å²) in [6.07, 6.45) is 0. The Morgan fingerprint density at radius 3 is 2.52 bits per heavy atom. The highest BCUT2D eigenvalue weighted by molar-refractivity contribution is 6.30. The predicted octanol–water partition coefficient (Wildman–Crippen LogP) is 3.55. The minimum absolute atomic E-state index is 0.0174. The van der Waals surface area contributed by atoms with E-state index in [9.17, 15) is 4.79 Å². The molecule has 1 saturated heterocycles. The zero-order chi connectivity index (χ0) is 14.7. The second-order valence-electron chi connectivity index (χ2n) is 5.01. The lowest BCUT2D eigenvalue weighted by Gasteiger charge is -2.36. The van der Waals surface area contributed by atoms with Crippen molar-refractivity contribution in [2.24, 2.45) is 0 Å². The van der Waals surface area contributed by atoms with Crippen molar-refractivity contribution in [3.63, 3.8) is 0 Å². The zero-order valence-corrected chi connectivity index (χ0v) is 12.3. The van der Waals surface area contributed by atoms with E-state index in [1.165, 1.54) is 0 Å². The molecule has 0 bridgehead atoms. The Bertz CT molecular complexity index is 612. The van der Waals surface area contributed by atoms with Crippen molar-refractivity contribution < 1.29 is 9.53 Å². The van der Waals surface area contributed by atoms with Crippen molar-refractivity contribution in [3.05, 3.63) is 70.7 Å². The van der Waals surface area contributed by atoms with Gasteiger partial charge in [0.15, 0.2) is 0 Å². The summed E-state index contributed by atoms with van der Waals surface area (Å²) in [5.74, 6) is 0.0174. The van der Waals surface area contributed by atoms with Crippen molar-refractivity contribution in [1.82, 2.24) is 4.90 Å². The number of amides is 1. The fourth-order valence-electron chi connectivity index (χ4n) is 2.56. The molecule has 0 aliphatic carbocycles. The zero-order valence-electron chi connectivity index (χ0n) is 11.5. The third kappa shape index (κ3) is 3.09. The van der Waals surface area contributed by atoms with E-state index < -0.39 is 0 Å². The SMILES string of the molecule is O=C(c1ccc(Cl)cc1)N1CCOCC1c1ccccc1. The van der Waals surface area contributed by atoms with Gasteiger partial charge in [-0.1, -0.05) is 41.9 Å². The minimum Gasteiger partial charge on any atom is -0.377 e. The van der Waals surface area contributed by atoms with Crippen LogP contribution in [0, 0.1) is 0 Å². The number of carbonyl (C=O) groups is 1. The molecule has 0 N–H and O–H groups in total. The highest BCUT2D eigenvalue weighted by Crippen LogP contribution is 2.26. The van der Waals surface area contributed by atoms with Crippen LogP contribution >= 0.6 is 11.6 Å². The average molecular weight is 302 g/mol. The first-order valence-electron chi connectivity index (χ1n) is 6.95. The second kappa shape index (κ2) is 6.29. The molecule has 0 aromatic heterocycles. The summed E-state index contributed by atoms with van der Waals surface area (Å²) >= 11 is 5.88. The van der Waals surface area contributed by atoms with Gasteiger partial charge in [0.1, 0.15) is 0 Å². The molecule has 3 rings (SSSR count). The van der Waals surface area contributed by atoms with Gasteiger partial charge in [0.25, 0.3) is 5.91 Å². The highest BCUT2D eigenvalue weighted by Gasteiger charge is 2.29. The van der Waals surface area contributed by atoms with Crippen LogP contribution in [0.15, 0.2) is 54.6 Å². The molecule has 2 aromatic carbocycles. The maximum Gasteiger partial charge on any atom is 0.254 e. The Hall–Kier alpha value is -1.84. The molecule has 2 aromatic rings. The van der Waals surface area contributed by atoms with Crippen LogP contribution in [0.3, 0.4) is 0 Å². The lowest BCUT2D eigenvalue weighted by molar-refractivity contribution is -0.00269. The summed E-state index contributed by atoms with van der Waals surface area (Å²) in [7, 11) is 0. The fraction of sp³-hybridized carbons (Fsp3) is 0.235. The van der Waals surface area contributed by atoms with Crippen molar-refractivity contribution in [2.45, 2.75) is 6.04 Å². The first kappa shape index (κ1) is 14.1. The smallest absolute Gasteiger partial charge is 0.254 e. The number of halogens is 1. The summed E-state index contributed by atoms with van der Waals surface area (Å²) in [6, 6.07) is 17.0. The van der Waals surface area contributed by atoms with E-state index in [1.54, 1.807) is 24.3 Å². The van der Waals surface area contributed by atoms with Crippen LogP contribution in [-0.4, -0.2) is 30.6 Å². The standard InChI is InChI=1S/C17H16ClNO2/c18-15-8-6-14(7-9-15)17(20)19-10-11-21-12-16(19)13-4-2-1-3-5-13/h1-9,16H,10-12H2. The number of nitrogens with zero attached hydrogens (tertiary/aromatic N) is 1. The molecule has 21 heavy (non-hydrogen) atoms. The van der Waals surface area contributed by atoms with E-state index in [-0.39, 0.29) is 11.9 Å². The van der Waals surface area contributed by atoms with E-state index in [1.807, 2.05) is 35.2 Å². The van der Waals surface area contributed by atoms with Crippen LogP contribution in [0.4, 0.5) is 0 Å². The van der Waals surface area contributed by atoms with Gasteiger partial charge >= 0.3 is 0 Å². The number of hydrogen-bond acceptors (Lipinski definition) is 2. The highest BCUT2D eigenvalue weighted by atomic mass is 35.5. The second-order valence-corrected chi connectivity index (χ2v) is 5.44. The molecular formula is C17H16ClNO2. The van der Waals surface area contributed by atoms with Crippen molar-refractivity contribution >= 4 is 17.5 Å². The van der Waals surface area contributed by atoms with Gasteiger partial charge in [0, 0.05) is 17.1 Å². The van der Waals surface area contributed by atoms with E-state index >= 15 is 0 Å². The average Bonchev–Trinajstić information content (AvgIpc) is 2.56. The monoisotopic (exact) mass is 301 g/mol. The topological polar surface area (TPSA) is 29.5 Å². The molecule has 3 nitrogen and oxygen atoms in total. The van der Waals surface area contributed by atoms with Gasteiger partial charge < -0.3 is 9.64 Å². The number of benzene rings is 2. The molecule has 1 unspecified atom stereocenters. The third-order valence-corrected chi connectivity index (χ3v) is 3.92.